The van der Waals surface area contributed by atoms with Crippen molar-refractivity contribution in [2.45, 2.75) is 12.8 Å². The summed E-state index contributed by atoms with van der Waals surface area (Å²) in [5, 5.41) is 8.89. The van der Waals surface area contributed by atoms with E-state index in [4.69, 9.17) is 16.9 Å². The minimum atomic E-state index is -0.844. The number of nitriles is 1. The lowest BCUT2D eigenvalue weighted by molar-refractivity contribution is 0.0520. The minimum absolute atomic E-state index is 0.0373. The van der Waals surface area contributed by atoms with Gasteiger partial charge in [-0.3, -0.25) is 0 Å². The van der Waals surface area contributed by atoms with Crippen LogP contribution in [0.4, 0.5) is 4.39 Å². The molecule has 0 atom stereocenters. The normalized spacial score (nSPS) is 9.62. The van der Waals surface area contributed by atoms with E-state index >= 15 is 0 Å². The number of esters is 1. The predicted octanol–water partition coefficient (Wildman–Crippen LogP) is 2.61. The fourth-order valence-electron chi connectivity index (χ4n) is 1.26. The van der Waals surface area contributed by atoms with Crippen molar-refractivity contribution in [2.75, 3.05) is 6.61 Å². The molecule has 0 aliphatic carbocycles. The van der Waals surface area contributed by atoms with E-state index < -0.39 is 11.8 Å². The molecule has 1 aromatic rings. The van der Waals surface area contributed by atoms with Crippen LogP contribution in [0.2, 0.25) is 0 Å². The maximum atomic E-state index is 13.4. The summed E-state index contributed by atoms with van der Waals surface area (Å²) in [5.41, 5.74) is 0.00423. The minimum Gasteiger partial charge on any atom is -0.462 e. The zero-order valence-electron chi connectivity index (χ0n) is 8.59. The summed E-state index contributed by atoms with van der Waals surface area (Å²) < 4.78 is 18.1. The quantitative estimate of drug-likeness (QED) is 0.604. The molecule has 1 aromatic carbocycles. The number of benzene rings is 1. The van der Waals surface area contributed by atoms with E-state index in [0.29, 0.717) is 5.56 Å². The molecule has 0 saturated heterocycles. The van der Waals surface area contributed by atoms with Crippen molar-refractivity contribution in [2.24, 2.45) is 0 Å². The fourth-order valence-corrected chi connectivity index (χ4v) is 1.49. The Kier molecular flexibility index (Phi) is 4.27. The van der Waals surface area contributed by atoms with Gasteiger partial charge in [0.2, 0.25) is 0 Å². The topological polar surface area (TPSA) is 50.1 Å². The Bertz CT molecular complexity index is 454. The molecule has 0 saturated carbocycles. The van der Waals surface area contributed by atoms with Crippen molar-refractivity contribution in [1.29, 1.82) is 5.26 Å². The molecule has 0 unspecified atom stereocenters. The lowest BCUT2D eigenvalue weighted by Gasteiger charge is -2.07. The zero-order chi connectivity index (χ0) is 12.1. The molecule has 3 nitrogen and oxygen atoms in total. The first-order valence-corrected chi connectivity index (χ1v) is 5.13. The predicted molar refractivity (Wildman–Crippen MR) is 56.6 cm³/mol. The van der Waals surface area contributed by atoms with Crippen LogP contribution in [-0.2, 0) is 10.6 Å². The number of carbonyl (C=O) groups is 1. The lowest BCUT2D eigenvalue weighted by Crippen LogP contribution is -2.11. The van der Waals surface area contributed by atoms with Gasteiger partial charge in [-0.05, 0) is 18.6 Å². The van der Waals surface area contributed by atoms with Gasteiger partial charge in [0.25, 0.3) is 0 Å². The molecule has 84 valence electrons. The number of halogens is 2. The largest absolute Gasteiger partial charge is 0.462 e. The third-order valence-electron chi connectivity index (χ3n) is 1.98. The Hall–Kier alpha value is -1.60. The van der Waals surface area contributed by atoms with Crippen LogP contribution in [0.1, 0.15) is 28.4 Å². The highest BCUT2D eigenvalue weighted by Crippen LogP contribution is 2.20. The molecule has 0 fully saturated rings. The Morgan fingerprint density at radius 2 is 2.31 bits per heavy atom. The molecular weight excluding hydrogens is 233 g/mol. The van der Waals surface area contributed by atoms with Gasteiger partial charge >= 0.3 is 5.97 Å². The average Bonchev–Trinajstić information content (AvgIpc) is 2.28. The monoisotopic (exact) mass is 241 g/mol. The van der Waals surface area contributed by atoms with E-state index in [2.05, 4.69) is 4.74 Å². The number of rotatable bonds is 3. The maximum absolute atomic E-state index is 13.4. The van der Waals surface area contributed by atoms with Crippen molar-refractivity contribution in [1.82, 2.24) is 0 Å². The van der Waals surface area contributed by atoms with Crippen LogP contribution < -0.4 is 0 Å². The first-order chi connectivity index (χ1) is 7.65. The number of nitrogens with zero attached hydrogens (tertiary/aromatic N) is 1. The summed E-state index contributed by atoms with van der Waals surface area (Å²) in [6.07, 6.45) is 0. The molecule has 0 amide bonds. The first kappa shape index (κ1) is 12.5. The number of hydrogen-bond donors (Lipinski definition) is 0. The van der Waals surface area contributed by atoms with Gasteiger partial charge in [0.15, 0.2) is 0 Å². The molecule has 1 rings (SSSR count). The Balaban J connectivity index is 3.35. The van der Waals surface area contributed by atoms with Gasteiger partial charge in [-0.1, -0.05) is 6.07 Å². The van der Waals surface area contributed by atoms with Crippen LogP contribution in [0.25, 0.3) is 0 Å². The number of hydrogen-bond acceptors (Lipinski definition) is 3. The van der Waals surface area contributed by atoms with E-state index in [-0.39, 0.29) is 23.6 Å². The van der Waals surface area contributed by atoms with Crippen molar-refractivity contribution in [3.63, 3.8) is 0 Å². The molecule has 0 spiro atoms. The van der Waals surface area contributed by atoms with Gasteiger partial charge in [-0.2, -0.15) is 5.26 Å². The van der Waals surface area contributed by atoms with Gasteiger partial charge in [-0.15, -0.1) is 11.6 Å². The Morgan fingerprint density at radius 1 is 1.62 bits per heavy atom. The van der Waals surface area contributed by atoms with Gasteiger partial charge in [0.1, 0.15) is 17.4 Å². The standard InChI is InChI=1S/C11H9ClFNO2/c1-2-16-11(15)10-8(6-14)7(5-12)3-4-9(10)13/h3-4H,2,5H2,1H3. The highest BCUT2D eigenvalue weighted by atomic mass is 35.5. The summed E-state index contributed by atoms with van der Waals surface area (Å²) in [6.45, 7) is 1.72. The second kappa shape index (κ2) is 5.47. The molecule has 16 heavy (non-hydrogen) atoms. The molecule has 0 bridgehead atoms. The number of ether oxygens (including phenoxy) is 1. The van der Waals surface area contributed by atoms with Crippen molar-refractivity contribution < 1.29 is 13.9 Å². The van der Waals surface area contributed by atoms with Crippen LogP contribution in [0, 0.1) is 17.1 Å². The molecule has 0 radical (unpaired) electrons. The third kappa shape index (κ3) is 2.31. The highest BCUT2D eigenvalue weighted by molar-refractivity contribution is 6.17. The third-order valence-corrected chi connectivity index (χ3v) is 2.26. The molecule has 0 aliphatic rings. The SMILES string of the molecule is CCOC(=O)c1c(F)ccc(CCl)c1C#N. The van der Waals surface area contributed by atoms with E-state index in [0.717, 1.165) is 6.07 Å². The van der Waals surface area contributed by atoms with Crippen molar-refractivity contribution >= 4 is 17.6 Å². The van der Waals surface area contributed by atoms with Gasteiger partial charge in [-0.25, -0.2) is 9.18 Å². The summed E-state index contributed by atoms with van der Waals surface area (Å²) in [4.78, 5) is 11.5. The molecule has 0 aliphatic heterocycles. The molecule has 0 N–H and O–H groups in total. The summed E-state index contributed by atoms with van der Waals surface area (Å²) >= 11 is 5.59. The summed E-state index contributed by atoms with van der Waals surface area (Å²) in [6, 6.07) is 4.25. The average molecular weight is 242 g/mol. The van der Waals surface area contributed by atoms with Crippen LogP contribution in [0.15, 0.2) is 12.1 Å². The smallest absolute Gasteiger partial charge is 0.342 e. The zero-order valence-corrected chi connectivity index (χ0v) is 9.34. The van der Waals surface area contributed by atoms with E-state index in [1.165, 1.54) is 6.07 Å². The lowest BCUT2D eigenvalue weighted by atomic mass is 10.0. The molecule has 5 heteroatoms. The fraction of sp³-hybridized carbons (Fsp3) is 0.273. The summed E-state index contributed by atoms with van der Waals surface area (Å²) in [5.74, 6) is -1.58. The Labute approximate surface area is 97.4 Å². The Morgan fingerprint density at radius 3 is 2.81 bits per heavy atom. The molecule has 0 heterocycles. The highest BCUT2D eigenvalue weighted by Gasteiger charge is 2.20. The molecule has 0 aromatic heterocycles. The van der Waals surface area contributed by atoms with Crippen LogP contribution >= 0.6 is 11.6 Å². The van der Waals surface area contributed by atoms with Crippen LogP contribution in [0.5, 0.6) is 0 Å². The van der Waals surface area contributed by atoms with Crippen LogP contribution in [-0.4, -0.2) is 12.6 Å². The second-order valence-electron chi connectivity index (χ2n) is 2.92. The number of carbonyl (C=O) groups excluding carboxylic acids is 1. The van der Waals surface area contributed by atoms with E-state index in [9.17, 15) is 9.18 Å². The van der Waals surface area contributed by atoms with Crippen LogP contribution in [0.3, 0.4) is 0 Å². The van der Waals surface area contributed by atoms with Gasteiger partial charge < -0.3 is 4.74 Å². The van der Waals surface area contributed by atoms with Gasteiger partial charge in [0, 0.05) is 5.88 Å². The summed E-state index contributed by atoms with van der Waals surface area (Å²) in [7, 11) is 0. The second-order valence-corrected chi connectivity index (χ2v) is 3.19. The molecular formula is C11H9ClFNO2. The number of alkyl halides is 1. The van der Waals surface area contributed by atoms with E-state index in [1.54, 1.807) is 13.0 Å². The van der Waals surface area contributed by atoms with E-state index in [1.807, 2.05) is 0 Å². The first-order valence-electron chi connectivity index (χ1n) is 4.60. The van der Waals surface area contributed by atoms with Crippen molar-refractivity contribution in [3.8, 4) is 6.07 Å². The maximum Gasteiger partial charge on any atom is 0.342 e. The van der Waals surface area contributed by atoms with Crippen molar-refractivity contribution in [3.05, 3.63) is 34.6 Å². The van der Waals surface area contributed by atoms with Gasteiger partial charge in [0.05, 0.1) is 12.2 Å².